The van der Waals surface area contributed by atoms with Crippen LogP contribution in [0.25, 0.3) is 10.8 Å². The van der Waals surface area contributed by atoms with E-state index in [1.54, 1.807) is 6.07 Å². The molecule has 2 rings (SSSR count). The fourth-order valence-corrected chi connectivity index (χ4v) is 2.07. The standard InChI is InChI=1S/C14H14O2/c1-8-4-5-11-9(2)7-13(16)14(10(3)15)12(11)6-8/h4-7,16H,1-3H3. The van der Waals surface area contributed by atoms with E-state index in [1.165, 1.54) is 6.92 Å². The molecule has 0 aliphatic carbocycles. The van der Waals surface area contributed by atoms with E-state index in [9.17, 15) is 9.90 Å². The van der Waals surface area contributed by atoms with Crippen LogP contribution in [-0.2, 0) is 0 Å². The first-order valence-corrected chi connectivity index (χ1v) is 5.24. The Bertz CT molecular complexity index is 583. The number of phenols is 1. The Hall–Kier alpha value is -1.83. The molecule has 2 aromatic carbocycles. The van der Waals surface area contributed by atoms with Gasteiger partial charge >= 0.3 is 0 Å². The normalized spacial score (nSPS) is 10.7. The van der Waals surface area contributed by atoms with Gasteiger partial charge in [-0.15, -0.1) is 0 Å². The lowest BCUT2D eigenvalue weighted by atomic mass is 9.96. The molecule has 0 heterocycles. The SMILES string of the molecule is CC(=O)c1c(O)cc(C)c2ccc(C)cc12. The molecule has 0 radical (unpaired) electrons. The highest BCUT2D eigenvalue weighted by Gasteiger charge is 2.13. The minimum Gasteiger partial charge on any atom is -0.507 e. The topological polar surface area (TPSA) is 37.3 Å². The van der Waals surface area contributed by atoms with E-state index >= 15 is 0 Å². The van der Waals surface area contributed by atoms with Gasteiger partial charge in [0.15, 0.2) is 5.78 Å². The summed E-state index contributed by atoms with van der Waals surface area (Å²) in [6.07, 6.45) is 0. The Morgan fingerprint density at radius 1 is 1.12 bits per heavy atom. The number of aromatic hydroxyl groups is 1. The molecule has 82 valence electrons. The van der Waals surface area contributed by atoms with E-state index in [-0.39, 0.29) is 11.5 Å². The lowest BCUT2D eigenvalue weighted by Gasteiger charge is -2.10. The third-order valence-corrected chi connectivity index (χ3v) is 2.83. The van der Waals surface area contributed by atoms with Gasteiger partial charge in [0.1, 0.15) is 5.75 Å². The zero-order chi connectivity index (χ0) is 11.9. The molecule has 2 heteroatoms. The largest absolute Gasteiger partial charge is 0.507 e. The summed E-state index contributed by atoms with van der Waals surface area (Å²) in [5.41, 5.74) is 2.49. The molecule has 0 aromatic heterocycles. The predicted molar refractivity (Wildman–Crippen MR) is 65.1 cm³/mol. The smallest absolute Gasteiger partial charge is 0.164 e. The number of hydrogen-bond donors (Lipinski definition) is 1. The molecular weight excluding hydrogens is 200 g/mol. The molecule has 0 fully saturated rings. The molecule has 0 aliphatic rings. The maximum atomic E-state index is 11.5. The van der Waals surface area contributed by atoms with Gasteiger partial charge in [-0.3, -0.25) is 4.79 Å². The van der Waals surface area contributed by atoms with Crippen LogP contribution < -0.4 is 0 Å². The van der Waals surface area contributed by atoms with Crippen molar-refractivity contribution >= 4 is 16.6 Å². The monoisotopic (exact) mass is 214 g/mol. The first-order chi connectivity index (χ1) is 7.50. The van der Waals surface area contributed by atoms with Crippen molar-refractivity contribution in [2.45, 2.75) is 20.8 Å². The van der Waals surface area contributed by atoms with E-state index in [2.05, 4.69) is 0 Å². The van der Waals surface area contributed by atoms with Gasteiger partial charge < -0.3 is 5.11 Å². The van der Waals surface area contributed by atoms with Crippen LogP contribution in [0.2, 0.25) is 0 Å². The Balaban J connectivity index is 2.97. The summed E-state index contributed by atoms with van der Waals surface area (Å²) in [5, 5.41) is 11.7. The van der Waals surface area contributed by atoms with E-state index in [0.29, 0.717) is 5.56 Å². The van der Waals surface area contributed by atoms with Crippen LogP contribution in [0, 0.1) is 13.8 Å². The zero-order valence-corrected chi connectivity index (χ0v) is 9.66. The third-order valence-electron chi connectivity index (χ3n) is 2.83. The van der Waals surface area contributed by atoms with Gasteiger partial charge in [0.05, 0.1) is 5.56 Å². The number of fused-ring (bicyclic) bond motifs is 1. The number of hydrogen-bond acceptors (Lipinski definition) is 2. The molecular formula is C14H14O2. The Kier molecular flexibility index (Phi) is 2.43. The second-order valence-electron chi connectivity index (χ2n) is 4.19. The van der Waals surface area contributed by atoms with Crippen molar-refractivity contribution < 1.29 is 9.90 Å². The highest BCUT2D eigenvalue weighted by molar-refractivity contribution is 6.10. The van der Waals surface area contributed by atoms with Crippen LogP contribution in [0.15, 0.2) is 24.3 Å². The van der Waals surface area contributed by atoms with E-state index in [4.69, 9.17) is 0 Å². The molecule has 16 heavy (non-hydrogen) atoms. The summed E-state index contributed by atoms with van der Waals surface area (Å²) in [5.74, 6) is -0.0313. The minimum absolute atomic E-state index is 0.0723. The third kappa shape index (κ3) is 1.56. The molecule has 0 aliphatic heterocycles. The number of phenolic OH excluding ortho intramolecular Hbond substituents is 1. The van der Waals surface area contributed by atoms with Crippen LogP contribution in [0.4, 0.5) is 0 Å². The molecule has 0 unspecified atom stereocenters. The number of ketones is 1. The minimum atomic E-state index is -0.104. The molecule has 0 bridgehead atoms. The fourth-order valence-electron chi connectivity index (χ4n) is 2.07. The van der Waals surface area contributed by atoms with Crippen LogP contribution in [0.1, 0.15) is 28.4 Å². The predicted octanol–water partition coefficient (Wildman–Crippen LogP) is 3.36. The quantitative estimate of drug-likeness (QED) is 0.739. The summed E-state index contributed by atoms with van der Waals surface area (Å²) in [6, 6.07) is 7.59. The van der Waals surface area contributed by atoms with E-state index in [1.807, 2.05) is 32.0 Å². The Morgan fingerprint density at radius 3 is 2.44 bits per heavy atom. The first kappa shape index (κ1) is 10.7. The van der Waals surface area contributed by atoms with Crippen molar-refractivity contribution in [2.75, 3.05) is 0 Å². The molecule has 2 aromatic rings. The summed E-state index contributed by atoms with van der Waals surface area (Å²) in [7, 11) is 0. The average molecular weight is 214 g/mol. The van der Waals surface area contributed by atoms with Gasteiger partial charge in [-0.1, -0.05) is 23.8 Å². The number of carbonyl (C=O) groups is 1. The number of rotatable bonds is 1. The van der Waals surface area contributed by atoms with Gasteiger partial charge in [0.25, 0.3) is 0 Å². The molecule has 0 saturated heterocycles. The second kappa shape index (κ2) is 3.63. The van der Waals surface area contributed by atoms with Crippen molar-refractivity contribution in [3.8, 4) is 5.75 Å². The number of aryl methyl sites for hydroxylation is 2. The van der Waals surface area contributed by atoms with Crippen LogP contribution in [0.3, 0.4) is 0 Å². The Morgan fingerprint density at radius 2 is 1.81 bits per heavy atom. The van der Waals surface area contributed by atoms with Gasteiger partial charge in [0, 0.05) is 0 Å². The molecule has 0 amide bonds. The summed E-state index contributed by atoms with van der Waals surface area (Å²) < 4.78 is 0. The van der Waals surface area contributed by atoms with Crippen LogP contribution in [0.5, 0.6) is 5.75 Å². The maximum Gasteiger partial charge on any atom is 0.164 e. The van der Waals surface area contributed by atoms with Gasteiger partial charge in [0.2, 0.25) is 0 Å². The Labute approximate surface area is 94.5 Å². The van der Waals surface area contributed by atoms with Crippen molar-refractivity contribution in [1.82, 2.24) is 0 Å². The van der Waals surface area contributed by atoms with Gasteiger partial charge in [-0.05, 0) is 43.2 Å². The maximum absolute atomic E-state index is 11.5. The molecule has 0 atom stereocenters. The molecule has 0 saturated carbocycles. The summed E-state index contributed by atoms with van der Waals surface area (Å²) in [6.45, 7) is 5.39. The lowest BCUT2D eigenvalue weighted by Crippen LogP contribution is -1.96. The summed E-state index contributed by atoms with van der Waals surface area (Å²) in [4.78, 5) is 11.5. The van der Waals surface area contributed by atoms with Crippen molar-refractivity contribution in [3.05, 3.63) is 41.0 Å². The molecule has 0 spiro atoms. The highest BCUT2D eigenvalue weighted by Crippen LogP contribution is 2.31. The molecule has 1 N–H and O–H groups in total. The fraction of sp³-hybridized carbons (Fsp3) is 0.214. The highest BCUT2D eigenvalue weighted by atomic mass is 16.3. The van der Waals surface area contributed by atoms with Crippen LogP contribution in [-0.4, -0.2) is 10.9 Å². The van der Waals surface area contributed by atoms with Crippen molar-refractivity contribution in [2.24, 2.45) is 0 Å². The average Bonchev–Trinajstić information content (AvgIpc) is 2.15. The van der Waals surface area contributed by atoms with Gasteiger partial charge in [-0.2, -0.15) is 0 Å². The van der Waals surface area contributed by atoms with E-state index in [0.717, 1.165) is 21.9 Å². The zero-order valence-electron chi connectivity index (χ0n) is 9.66. The summed E-state index contributed by atoms with van der Waals surface area (Å²) >= 11 is 0. The van der Waals surface area contributed by atoms with Crippen molar-refractivity contribution in [1.29, 1.82) is 0 Å². The second-order valence-corrected chi connectivity index (χ2v) is 4.19. The number of benzene rings is 2. The number of carbonyl (C=O) groups excluding carboxylic acids is 1. The van der Waals surface area contributed by atoms with Gasteiger partial charge in [-0.25, -0.2) is 0 Å². The molecule has 2 nitrogen and oxygen atoms in total. The number of Topliss-reactive ketones (excluding diaryl/α,β-unsaturated/α-hetero) is 1. The van der Waals surface area contributed by atoms with Crippen LogP contribution >= 0.6 is 0 Å². The van der Waals surface area contributed by atoms with E-state index < -0.39 is 0 Å². The lowest BCUT2D eigenvalue weighted by molar-refractivity contribution is 0.101. The van der Waals surface area contributed by atoms with Crippen molar-refractivity contribution in [3.63, 3.8) is 0 Å². The first-order valence-electron chi connectivity index (χ1n) is 5.24.